The van der Waals surface area contributed by atoms with Gasteiger partial charge in [-0.3, -0.25) is 4.98 Å². The van der Waals surface area contributed by atoms with E-state index in [0.717, 1.165) is 12.3 Å². The minimum atomic E-state index is -3.37. The summed E-state index contributed by atoms with van der Waals surface area (Å²) >= 11 is 0. The van der Waals surface area contributed by atoms with Gasteiger partial charge in [0, 0.05) is 6.20 Å². The molecule has 0 amide bonds. The number of carbonyl (C=O) groups is 1. The summed E-state index contributed by atoms with van der Waals surface area (Å²) in [7, 11) is -2.11. The zero-order valence-corrected chi connectivity index (χ0v) is 11.3. The number of aromatic nitrogens is 1. The lowest BCUT2D eigenvalue weighted by molar-refractivity contribution is 0.0600. The van der Waals surface area contributed by atoms with Crippen LogP contribution in [0.5, 0.6) is 0 Å². The molecule has 0 saturated heterocycles. The van der Waals surface area contributed by atoms with Crippen LogP contribution in [0, 0.1) is 10.6 Å². The molecule has 5 nitrogen and oxygen atoms in total. The molecule has 1 heterocycles. The van der Waals surface area contributed by atoms with Crippen molar-refractivity contribution >= 4 is 15.7 Å². The lowest BCUT2D eigenvalue weighted by Gasteiger charge is -2.08. The highest BCUT2D eigenvalue weighted by atomic mass is 32.2. The molecule has 2 rings (SSSR count). The van der Waals surface area contributed by atoms with Gasteiger partial charge in [-0.2, -0.15) is 0 Å². The molecule has 1 N–H and O–H groups in total. The van der Waals surface area contributed by atoms with Crippen molar-refractivity contribution in [3.8, 4) is 0 Å². The van der Waals surface area contributed by atoms with Crippen LogP contribution < -0.4 is 0 Å². The van der Waals surface area contributed by atoms with Crippen LogP contribution in [0.3, 0.4) is 0 Å². The third-order valence-electron chi connectivity index (χ3n) is 2.62. The van der Waals surface area contributed by atoms with Gasteiger partial charge >= 0.3 is 5.97 Å². The van der Waals surface area contributed by atoms with E-state index in [1.807, 2.05) is 0 Å². The number of pyridine rings is 1. The number of esters is 1. The Morgan fingerprint density at radius 3 is 2.45 bits per heavy atom. The maximum Gasteiger partial charge on any atom is 0.337 e. The van der Waals surface area contributed by atoms with E-state index in [2.05, 4.69) is 9.72 Å². The Balaban J connectivity index is 2.42. The molecule has 0 bridgehead atoms. The third-order valence-corrected chi connectivity index (χ3v) is 4.44. The highest BCUT2D eigenvalue weighted by molar-refractivity contribution is 7.92. The molecule has 1 aromatic heterocycles. The molecule has 0 aliphatic rings. The SMILES string of the molecule is COC(=O)c1ccc(S(=N)(=O)c2cncc(F)c2)cc1. The van der Waals surface area contributed by atoms with E-state index in [0.29, 0.717) is 0 Å². The molecule has 0 aliphatic carbocycles. The van der Waals surface area contributed by atoms with Gasteiger partial charge in [0.25, 0.3) is 0 Å². The molecular weight excluding hydrogens is 283 g/mol. The van der Waals surface area contributed by atoms with Crippen molar-refractivity contribution in [2.75, 3.05) is 7.11 Å². The number of methoxy groups -OCH3 is 1. The van der Waals surface area contributed by atoms with Crippen molar-refractivity contribution in [1.29, 1.82) is 4.78 Å². The first kappa shape index (κ1) is 14.1. The summed E-state index contributed by atoms with van der Waals surface area (Å²) in [5, 5.41) is 0. The van der Waals surface area contributed by atoms with Gasteiger partial charge < -0.3 is 4.74 Å². The molecule has 1 unspecified atom stereocenters. The molecule has 0 spiro atoms. The standard InChI is InChI=1S/C13H11FN2O3S/c1-19-13(17)9-2-4-11(5-3-9)20(15,18)12-6-10(14)7-16-8-12/h2-8,15H,1H3. The second-order valence-electron chi connectivity index (χ2n) is 3.91. The summed E-state index contributed by atoms with van der Waals surface area (Å²) in [6.07, 6.45) is 2.16. The Morgan fingerprint density at radius 2 is 1.90 bits per heavy atom. The van der Waals surface area contributed by atoms with E-state index in [1.165, 1.54) is 37.6 Å². The minimum Gasteiger partial charge on any atom is -0.465 e. The van der Waals surface area contributed by atoms with E-state index >= 15 is 0 Å². The Kier molecular flexibility index (Phi) is 3.80. The summed E-state index contributed by atoms with van der Waals surface area (Å²) in [4.78, 5) is 15.0. The van der Waals surface area contributed by atoms with Gasteiger partial charge in [-0.1, -0.05) is 0 Å². The van der Waals surface area contributed by atoms with Crippen LogP contribution >= 0.6 is 0 Å². The fraction of sp³-hybridized carbons (Fsp3) is 0.0769. The molecule has 1 atom stereocenters. The molecule has 7 heteroatoms. The highest BCUT2D eigenvalue weighted by Crippen LogP contribution is 2.22. The number of rotatable bonds is 3. The fourth-order valence-corrected chi connectivity index (χ4v) is 2.87. The lowest BCUT2D eigenvalue weighted by atomic mass is 10.2. The first-order chi connectivity index (χ1) is 9.45. The number of nitrogens with one attached hydrogen (secondary N) is 1. The summed E-state index contributed by atoms with van der Waals surface area (Å²) in [5.74, 6) is -1.19. The topological polar surface area (TPSA) is 80.1 Å². The minimum absolute atomic E-state index is 0.0247. The van der Waals surface area contributed by atoms with Gasteiger partial charge in [0.2, 0.25) is 0 Å². The number of carbonyl (C=O) groups excluding carboxylic acids is 1. The summed E-state index contributed by atoms with van der Waals surface area (Å²) in [5.41, 5.74) is 0.281. The molecular formula is C13H11FN2O3S. The lowest BCUT2D eigenvalue weighted by Crippen LogP contribution is -2.04. The van der Waals surface area contributed by atoms with Gasteiger partial charge in [0.15, 0.2) is 0 Å². The van der Waals surface area contributed by atoms with E-state index in [9.17, 15) is 13.4 Å². The quantitative estimate of drug-likeness (QED) is 0.882. The second-order valence-corrected chi connectivity index (χ2v) is 5.97. The Morgan fingerprint density at radius 1 is 1.25 bits per heavy atom. The predicted molar refractivity (Wildman–Crippen MR) is 69.4 cm³/mol. The molecule has 0 saturated carbocycles. The van der Waals surface area contributed by atoms with Crippen LogP contribution in [0.1, 0.15) is 10.4 Å². The number of hydrogen-bond donors (Lipinski definition) is 1. The predicted octanol–water partition coefficient (Wildman–Crippen LogP) is 2.47. The van der Waals surface area contributed by atoms with Gasteiger partial charge in [0.05, 0.1) is 28.7 Å². The molecule has 2 aromatic rings. The van der Waals surface area contributed by atoms with Crippen LogP contribution in [0.15, 0.2) is 52.5 Å². The van der Waals surface area contributed by atoms with E-state index in [1.54, 1.807) is 0 Å². The van der Waals surface area contributed by atoms with Crippen LogP contribution in [0.2, 0.25) is 0 Å². The maximum atomic E-state index is 13.1. The number of ether oxygens (including phenoxy) is 1. The van der Waals surface area contributed by atoms with Crippen molar-refractivity contribution in [3.63, 3.8) is 0 Å². The smallest absolute Gasteiger partial charge is 0.337 e. The highest BCUT2D eigenvalue weighted by Gasteiger charge is 2.15. The molecule has 1 aromatic carbocycles. The van der Waals surface area contributed by atoms with E-state index in [-0.39, 0.29) is 15.4 Å². The third kappa shape index (κ3) is 2.67. The fourth-order valence-electron chi connectivity index (χ4n) is 1.59. The van der Waals surface area contributed by atoms with Crippen LogP contribution in [0.4, 0.5) is 4.39 Å². The molecule has 20 heavy (non-hydrogen) atoms. The largest absolute Gasteiger partial charge is 0.465 e. The zero-order chi connectivity index (χ0) is 14.8. The van der Waals surface area contributed by atoms with Gasteiger partial charge in [0.1, 0.15) is 15.5 Å². The van der Waals surface area contributed by atoms with Gasteiger partial charge in [-0.05, 0) is 30.3 Å². The van der Waals surface area contributed by atoms with Crippen molar-refractivity contribution in [2.24, 2.45) is 0 Å². The van der Waals surface area contributed by atoms with Gasteiger partial charge in [-0.25, -0.2) is 18.2 Å². The zero-order valence-electron chi connectivity index (χ0n) is 10.5. The first-order valence-corrected chi connectivity index (χ1v) is 7.09. The number of nitrogens with zero attached hydrogens (tertiary/aromatic N) is 1. The molecule has 0 aliphatic heterocycles. The second kappa shape index (κ2) is 5.38. The Hall–Kier alpha value is -2.28. The first-order valence-electron chi connectivity index (χ1n) is 5.53. The average Bonchev–Trinajstić information content (AvgIpc) is 2.46. The normalized spacial score (nSPS) is 13.5. The van der Waals surface area contributed by atoms with Crippen LogP contribution in [-0.4, -0.2) is 22.3 Å². The van der Waals surface area contributed by atoms with Crippen molar-refractivity contribution in [2.45, 2.75) is 9.79 Å². The van der Waals surface area contributed by atoms with Crippen LogP contribution in [-0.2, 0) is 14.5 Å². The van der Waals surface area contributed by atoms with Crippen molar-refractivity contribution in [3.05, 3.63) is 54.1 Å². The Labute approximate surface area is 115 Å². The maximum absolute atomic E-state index is 13.1. The van der Waals surface area contributed by atoms with E-state index in [4.69, 9.17) is 4.78 Å². The monoisotopic (exact) mass is 294 g/mol. The number of halogens is 1. The van der Waals surface area contributed by atoms with E-state index < -0.39 is 21.5 Å². The van der Waals surface area contributed by atoms with Crippen LogP contribution in [0.25, 0.3) is 0 Å². The Bertz CT molecular complexity index is 742. The average molecular weight is 294 g/mol. The summed E-state index contributed by atoms with van der Waals surface area (Å²) < 4.78 is 38.0. The summed E-state index contributed by atoms with van der Waals surface area (Å²) in [6.45, 7) is 0. The number of hydrogen-bond acceptors (Lipinski definition) is 5. The number of benzene rings is 1. The molecule has 104 valence electrons. The summed E-state index contributed by atoms with van der Waals surface area (Å²) in [6, 6.07) is 6.58. The van der Waals surface area contributed by atoms with Crippen molar-refractivity contribution < 1.29 is 18.1 Å². The van der Waals surface area contributed by atoms with Gasteiger partial charge in [-0.15, -0.1) is 0 Å². The van der Waals surface area contributed by atoms with Crippen molar-refractivity contribution in [1.82, 2.24) is 4.98 Å². The molecule has 0 fully saturated rings. The molecule has 0 radical (unpaired) electrons.